The van der Waals surface area contributed by atoms with Gasteiger partial charge in [0, 0.05) is 56.0 Å². The predicted octanol–water partition coefficient (Wildman–Crippen LogP) is 3.66. The fraction of sp³-hybridized carbons (Fsp3) is 0.591. The van der Waals surface area contributed by atoms with Gasteiger partial charge in [-0.1, -0.05) is 41.5 Å². The molecule has 0 amide bonds. The number of aliphatic hydroxyl groups excluding tert-OH is 1. The Balaban J connectivity index is 1.11. The smallest absolute Gasteiger partial charge is 0.334 e. The first-order valence-electron chi connectivity index (χ1n) is 20.4. The number of methoxy groups -OCH3 is 2. The van der Waals surface area contributed by atoms with Crippen LogP contribution < -0.4 is 14.5 Å². The zero-order chi connectivity index (χ0) is 37.7. The van der Waals surface area contributed by atoms with Crippen molar-refractivity contribution in [2.75, 3.05) is 70.5 Å². The Hall–Kier alpha value is -3.90. The average Bonchev–Trinajstić information content (AvgIpc) is 3.82. The molecule has 2 aromatic carbocycles. The van der Waals surface area contributed by atoms with Crippen LogP contribution in [0.5, 0.6) is 5.75 Å². The van der Waals surface area contributed by atoms with Gasteiger partial charge in [-0.15, -0.1) is 0 Å². The number of allylic oxidation sites excluding steroid dienone is 2. The summed E-state index contributed by atoms with van der Waals surface area (Å²) in [6, 6.07) is 13.1. The molecule has 10 aliphatic rings. The van der Waals surface area contributed by atoms with E-state index >= 15 is 0 Å². The molecule has 0 aromatic heterocycles. The highest BCUT2D eigenvalue weighted by molar-refractivity contribution is 5.92. The first-order chi connectivity index (χ1) is 26.7. The van der Waals surface area contributed by atoms with Gasteiger partial charge in [-0.3, -0.25) is 14.6 Å². The molecule has 1 N–H and O–H groups in total. The van der Waals surface area contributed by atoms with Crippen molar-refractivity contribution in [3.8, 4) is 5.75 Å². The maximum atomic E-state index is 14.6. The van der Waals surface area contributed by atoms with Crippen LogP contribution in [-0.2, 0) is 41.1 Å². The van der Waals surface area contributed by atoms with Crippen LogP contribution in [0, 0.1) is 17.3 Å². The number of carbonyl (C=O) groups is 2. The molecule has 9 aliphatic heterocycles. The van der Waals surface area contributed by atoms with Crippen molar-refractivity contribution in [1.82, 2.24) is 9.80 Å². The third-order valence-electron chi connectivity index (χ3n) is 17.4. The van der Waals surface area contributed by atoms with E-state index in [0.717, 1.165) is 79.3 Å². The van der Waals surface area contributed by atoms with E-state index in [1.807, 2.05) is 13.0 Å². The summed E-state index contributed by atoms with van der Waals surface area (Å²) >= 11 is 0. The third kappa shape index (κ3) is 2.98. The van der Waals surface area contributed by atoms with Crippen LogP contribution in [0.1, 0.15) is 56.2 Å². The second-order valence-corrected chi connectivity index (χ2v) is 18.1. The SMILES string of the molecule is C/C=C1/CCN2CC[C@@]34c5cc6c(cc5N(C)[C@]35OC[C@]4(C(=O)OC)[C@@H]1[C@H]25)O[C@@]12[C@@H]3C[C@H]4/C(=C\C)CN3CC[C@]1(C6)c1ccccc1N2[C@]4(CO)C(=O)OC. The van der Waals surface area contributed by atoms with Crippen molar-refractivity contribution in [3.63, 3.8) is 0 Å². The Labute approximate surface area is 321 Å². The molecular formula is C44H50N4O7. The van der Waals surface area contributed by atoms with Crippen LogP contribution in [-0.4, -0.2) is 117 Å². The van der Waals surface area contributed by atoms with E-state index in [4.69, 9.17) is 18.9 Å². The summed E-state index contributed by atoms with van der Waals surface area (Å²) in [6.07, 6.45) is 8.35. The van der Waals surface area contributed by atoms with Gasteiger partial charge in [-0.2, -0.15) is 0 Å². The molecule has 1 spiro atoms. The Morgan fingerprint density at radius 3 is 2.49 bits per heavy atom. The summed E-state index contributed by atoms with van der Waals surface area (Å²) in [5.41, 5.74) is 2.88. The number of para-hydroxylation sites is 1. The molecule has 0 unspecified atom stereocenters. The summed E-state index contributed by atoms with van der Waals surface area (Å²) in [4.78, 5) is 38.8. The number of likely N-dealkylation sites (N-methyl/N-ethyl adjacent to an activating group) is 1. The number of fused-ring (bicyclic) bond motifs is 6. The molecule has 11 heteroatoms. The number of carbonyl (C=O) groups excluding carboxylic acids is 2. The minimum atomic E-state index is -1.37. The Morgan fingerprint density at radius 2 is 1.73 bits per heavy atom. The van der Waals surface area contributed by atoms with Gasteiger partial charge in [0.2, 0.25) is 5.72 Å². The van der Waals surface area contributed by atoms with Gasteiger partial charge in [0.25, 0.3) is 0 Å². The van der Waals surface area contributed by atoms with E-state index in [9.17, 15) is 14.7 Å². The maximum absolute atomic E-state index is 14.6. The predicted molar refractivity (Wildman–Crippen MR) is 203 cm³/mol. The summed E-state index contributed by atoms with van der Waals surface area (Å²) in [7, 11) is 5.14. The highest BCUT2D eigenvalue weighted by atomic mass is 16.6. The molecule has 6 bridgehead atoms. The lowest BCUT2D eigenvalue weighted by molar-refractivity contribution is -0.188. The minimum Gasteiger partial charge on any atom is -0.468 e. The van der Waals surface area contributed by atoms with Crippen LogP contribution in [0.4, 0.5) is 11.4 Å². The molecule has 1 saturated carbocycles. The topological polar surface area (TPSA) is 104 Å². The quantitative estimate of drug-likeness (QED) is 0.368. The number of aliphatic hydroxyl groups is 1. The summed E-state index contributed by atoms with van der Waals surface area (Å²) in [6.45, 7) is 7.58. The van der Waals surface area contributed by atoms with Crippen molar-refractivity contribution < 1.29 is 33.6 Å². The molecule has 10 atom stereocenters. The first-order valence-corrected chi connectivity index (χ1v) is 20.4. The third-order valence-corrected chi connectivity index (χ3v) is 17.4. The molecule has 0 radical (unpaired) electrons. The van der Waals surface area contributed by atoms with Gasteiger partial charge < -0.3 is 33.9 Å². The van der Waals surface area contributed by atoms with Crippen molar-refractivity contribution in [1.29, 1.82) is 0 Å². The number of benzene rings is 2. The molecule has 288 valence electrons. The lowest BCUT2D eigenvalue weighted by Gasteiger charge is -2.70. The fourth-order valence-electron chi connectivity index (χ4n) is 15.7. The van der Waals surface area contributed by atoms with Crippen LogP contribution in [0.2, 0.25) is 0 Å². The second-order valence-electron chi connectivity index (χ2n) is 18.1. The normalized spacial score (nSPS) is 44.8. The first kappa shape index (κ1) is 33.3. The van der Waals surface area contributed by atoms with Crippen molar-refractivity contribution >= 4 is 23.3 Å². The summed E-state index contributed by atoms with van der Waals surface area (Å²) < 4.78 is 26.5. The molecule has 1 aliphatic carbocycles. The standard InChI is InChI=1S/C44H50N4O7/c1-6-25-12-15-46-17-14-42-30-18-27-21-39-13-16-47-22-26(7-2)29-19-34(47)43(39,48(31-11-9-8-10-28(31)39)41(29,23-49)38(51)53-5)55-33(27)20-32(30)45(3)44(42)36(46)35(25)40(42,24-54-44)37(50)52-4/h6-11,18,20,29,34-36,49H,12-17,19,21-24H2,1-5H3/b25-6-,26-7-/t29-,34-,35-,36-,39-,40+,41-,42-,43-,44+/m0/s1. The highest BCUT2D eigenvalue weighted by Gasteiger charge is 2.91. The zero-order valence-corrected chi connectivity index (χ0v) is 32.4. The zero-order valence-electron chi connectivity index (χ0n) is 32.4. The van der Waals surface area contributed by atoms with Crippen LogP contribution in [0.25, 0.3) is 0 Å². The van der Waals surface area contributed by atoms with Gasteiger partial charge in [-0.05, 0) is 81.3 Å². The number of hydrogen-bond donors (Lipinski definition) is 1. The average molecular weight is 747 g/mol. The van der Waals surface area contributed by atoms with E-state index in [1.165, 1.54) is 18.2 Å². The second kappa shape index (κ2) is 10.1. The molecular weight excluding hydrogens is 697 g/mol. The van der Waals surface area contributed by atoms with E-state index in [-0.39, 0.29) is 29.9 Å². The van der Waals surface area contributed by atoms with Crippen molar-refractivity contribution in [2.24, 2.45) is 17.3 Å². The molecule has 2 aromatic rings. The van der Waals surface area contributed by atoms with E-state index in [1.54, 1.807) is 7.11 Å². The fourth-order valence-corrected chi connectivity index (χ4v) is 15.7. The van der Waals surface area contributed by atoms with Crippen LogP contribution >= 0.6 is 0 Å². The lowest BCUT2D eigenvalue weighted by atomic mass is 9.54. The molecule has 6 saturated heterocycles. The number of piperidine rings is 5. The maximum Gasteiger partial charge on any atom is 0.334 e. The monoisotopic (exact) mass is 746 g/mol. The van der Waals surface area contributed by atoms with E-state index in [0.29, 0.717) is 19.4 Å². The van der Waals surface area contributed by atoms with Gasteiger partial charge in [0.1, 0.15) is 11.2 Å². The summed E-state index contributed by atoms with van der Waals surface area (Å²) in [5, 5.41) is 11.7. The van der Waals surface area contributed by atoms with E-state index in [2.05, 4.69) is 76.1 Å². The Bertz CT molecular complexity index is 2210. The number of anilines is 2. The molecule has 55 heavy (non-hydrogen) atoms. The molecule has 7 fully saturated rings. The number of nitrogens with zero attached hydrogens (tertiary/aromatic N) is 4. The molecule has 9 heterocycles. The minimum absolute atomic E-state index is 0.00719. The molecule has 12 rings (SSSR count). The lowest BCUT2D eigenvalue weighted by Crippen LogP contribution is -2.87. The van der Waals surface area contributed by atoms with Gasteiger partial charge in [0.05, 0.1) is 50.3 Å². The number of hydrogen-bond acceptors (Lipinski definition) is 11. The number of ether oxygens (including phenoxy) is 4. The highest BCUT2D eigenvalue weighted by Crippen LogP contribution is 2.80. The van der Waals surface area contributed by atoms with Gasteiger partial charge in [0.15, 0.2) is 11.3 Å². The summed E-state index contributed by atoms with van der Waals surface area (Å²) in [5.74, 6) is -0.0279. The molecule has 11 nitrogen and oxygen atoms in total. The van der Waals surface area contributed by atoms with Crippen LogP contribution in [0.3, 0.4) is 0 Å². The number of rotatable bonds is 3. The van der Waals surface area contributed by atoms with Crippen molar-refractivity contribution in [2.45, 2.75) is 85.9 Å². The Morgan fingerprint density at radius 1 is 0.945 bits per heavy atom. The van der Waals surface area contributed by atoms with E-state index < -0.39 is 45.8 Å². The van der Waals surface area contributed by atoms with Gasteiger partial charge in [-0.25, -0.2) is 4.79 Å². The number of esters is 2. The largest absolute Gasteiger partial charge is 0.468 e. The van der Waals surface area contributed by atoms with Crippen molar-refractivity contribution in [3.05, 3.63) is 76.4 Å². The van der Waals surface area contributed by atoms with Gasteiger partial charge >= 0.3 is 11.9 Å². The van der Waals surface area contributed by atoms with Crippen LogP contribution in [0.15, 0.2) is 59.7 Å². The Kier molecular flexibility index (Phi) is 6.14.